The summed E-state index contributed by atoms with van der Waals surface area (Å²) in [7, 11) is 1.69. The van der Waals surface area contributed by atoms with Crippen LogP contribution >= 0.6 is 0 Å². The molecule has 1 atom stereocenters. The fourth-order valence-corrected chi connectivity index (χ4v) is 3.01. The third kappa shape index (κ3) is 5.32. The summed E-state index contributed by atoms with van der Waals surface area (Å²) >= 11 is 0. The van der Waals surface area contributed by atoms with Crippen molar-refractivity contribution in [1.29, 1.82) is 0 Å². The van der Waals surface area contributed by atoms with Crippen LogP contribution in [-0.2, 0) is 14.3 Å². The first-order valence-corrected chi connectivity index (χ1v) is 9.16. The minimum Gasteiger partial charge on any atom is -0.439 e. The Kier molecular flexibility index (Phi) is 7.40. The van der Waals surface area contributed by atoms with Gasteiger partial charge in [-0.3, -0.25) is 9.59 Å². The maximum absolute atomic E-state index is 12.6. The van der Waals surface area contributed by atoms with Crippen LogP contribution in [0.2, 0.25) is 0 Å². The van der Waals surface area contributed by atoms with Crippen molar-refractivity contribution in [3.63, 3.8) is 0 Å². The third-order valence-electron chi connectivity index (χ3n) is 4.49. The van der Waals surface area contributed by atoms with E-state index in [0.717, 1.165) is 0 Å². The van der Waals surface area contributed by atoms with Gasteiger partial charge in [0.05, 0.1) is 12.2 Å². The van der Waals surface area contributed by atoms with Crippen LogP contribution in [0.4, 0.5) is 10.5 Å². The van der Waals surface area contributed by atoms with Crippen molar-refractivity contribution in [2.24, 2.45) is 0 Å². The van der Waals surface area contributed by atoms with Crippen molar-refractivity contribution < 1.29 is 19.1 Å². The fraction of sp³-hybridized carbons (Fsp3) is 0.450. The lowest BCUT2D eigenvalue weighted by molar-refractivity contribution is -0.133. The lowest BCUT2D eigenvalue weighted by atomic mass is 10.1. The highest BCUT2D eigenvalue weighted by Gasteiger charge is 2.29. The van der Waals surface area contributed by atoms with Gasteiger partial charge in [-0.1, -0.05) is 24.3 Å². The van der Waals surface area contributed by atoms with E-state index >= 15 is 0 Å². The Morgan fingerprint density at radius 3 is 2.81 bits per heavy atom. The van der Waals surface area contributed by atoms with Gasteiger partial charge in [0.25, 0.3) is 0 Å². The van der Waals surface area contributed by atoms with E-state index in [1.165, 1.54) is 0 Å². The predicted octanol–water partition coefficient (Wildman–Crippen LogP) is 2.64. The summed E-state index contributed by atoms with van der Waals surface area (Å²) in [4.78, 5) is 40.4. The summed E-state index contributed by atoms with van der Waals surface area (Å²) < 4.78 is 5.62. The summed E-state index contributed by atoms with van der Waals surface area (Å²) in [5, 5.41) is 2.62. The molecule has 1 aromatic rings. The van der Waals surface area contributed by atoms with Crippen molar-refractivity contribution in [2.75, 3.05) is 31.6 Å². The van der Waals surface area contributed by atoms with Crippen LogP contribution in [0, 0.1) is 0 Å². The molecular formula is C20H27N3O4. The smallest absolute Gasteiger partial charge is 0.407 e. The molecule has 1 aliphatic rings. The first-order valence-electron chi connectivity index (χ1n) is 9.16. The van der Waals surface area contributed by atoms with Gasteiger partial charge in [-0.15, -0.1) is 6.58 Å². The number of anilines is 1. The van der Waals surface area contributed by atoms with Gasteiger partial charge in [0, 0.05) is 38.5 Å². The number of alkyl carbamates (subject to hydrolysis) is 1. The Hall–Kier alpha value is -2.83. The topological polar surface area (TPSA) is 79.0 Å². The lowest BCUT2D eigenvalue weighted by Gasteiger charge is -2.27. The van der Waals surface area contributed by atoms with E-state index in [0.29, 0.717) is 30.6 Å². The Labute approximate surface area is 160 Å². The monoisotopic (exact) mass is 373 g/mol. The molecule has 146 valence electrons. The Morgan fingerprint density at radius 2 is 2.11 bits per heavy atom. The summed E-state index contributed by atoms with van der Waals surface area (Å²) in [6.07, 6.45) is 1.53. The number of nitrogens with one attached hydrogen (secondary N) is 1. The van der Waals surface area contributed by atoms with Crippen molar-refractivity contribution in [2.45, 2.75) is 32.3 Å². The molecule has 0 radical (unpaired) electrons. The Bertz CT molecular complexity index is 704. The van der Waals surface area contributed by atoms with Gasteiger partial charge < -0.3 is 19.9 Å². The van der Waals surface area contributed by atoms with Crippen molar-refractivity contribution >= 4 is 23.6 Å². The van der Waals surface area contributed by atoms with Gasteiger partial charge in [0.1, 0.15) is 6.10 Å². The van der Waals surface area contributed by atoms with Crippen LogP contribution in [0.25, 0.3) is 0 Å². The first kappa shape index (κ1) is 20.5. The van der Waals surface area contributed by atoms with Gasteiger partial charge in [-0.05, 0) is 19.4 Å². The summed E-state index contributed by atoms with van der Waals surface area (Å²) in [5.74, 6) is -0.183. The number of allylic oxidation sites excluding steroid dienone is 1. The van der Waals surface area contributed by atoms with Crippen LogP contribution in [-0.4, -0.2) is 49.5 Å². The number of carbonyl (C=O) groups excluding carboxylic acids is 3. The number of hydrogen-bond acceptors (Lipinski definition) is 4. The number of nitrogens with zero attached hydrogens (tertiary/aromatic N) is 2. The molecule has 3 amide bonds. The lowest BCUT2D eigenvalue weighted by Crippen LogP contribution is -2.38. The van der Waals surface area contributed by atoms with E-state index in [2.05, 4.69) is 11.9 Å². The van der Waals surface area contributed by atoms with E-state index in [4.69, 9.17) is 4.74 Å². The van der Waals surface area contributed by atoms with E-state index in [1.807, 2.05) is 24.3 Å². The number of benzene rings is 1. The van der Waals surface area contributed by atoms with E-state index in [9.17, 15) is 14.4 Å². The molecule has 1 aliphatic heterocycles. The molecule has 7 heteroatoms. The van der Waals surface area contributed by atoms with Gasteiger partial charge >= 0.3 is 6.09 Å². The highest BCUT2D eigenvalue weighted by atomic mass is 16.6. The fourth-order valence-electron chi connectivity index (χ4n) is 3.01. The highest BCUT2D eigenvalue weighted by Crippen LogP contribution is 2.31. The van der Waals surface area contributed by atoms with Gasteiger partial charge in [-0.2, -0.15) is 0 Å². The minimum atomic E-state index is -0.672. The molecule has 1 unspecified atom stereocenters. The summed E-state index contributed by atoms with van der Waals surface area (Å²) in [5.41, 5.74) is 1.38. The van der Waals surface area contributed by atoms with Gasteiger partial charge in [0.15, 0.2) is 0 Å². The van der Waals surface area contributed by atoms with Crippen molar-refractivity contribution in [3.8, 4) is 0 Å². The molecule has 0 fully saturated rings. The van der Waals surface area contributed by atoms with Crippen LogP contribution in [0.3, 0.4) is 0 Å². The summed E-state index contributed by atoms with van der Waals surface area (Å²) in [6, 6.07) is 7.29. The molecule has 1 aromatic carbocycles. The van der Waals surface area contributed by atoms with Crippen LogP contribution in [0.15, 0.2) is 36.9 Å². The molecule has 0 bridgehead atoms. The highest BCUT2D eigenvalue weighted by molar-refractivity contribution is 5.94. The zero-order chi connectivity index (χ0) is 19.8. The molecule has 1 N–H and O–H groups in total. The molecule has 27 heavy (non-hydrogen) atoms. The molecule has 0 saturated heterocycles. The number of hydrogen-bond donors (Lipinski definition) is 1. The molecule has 2 rings (SSSR count). The number of amides is 3. The van der Waals surface area contributed by atoms with Crippen LogP contribution < -0.4 is 10.2 Å². The average molecular weight is 373 g/mol. The van der Waals surface area contributed by atoms with Crippen LogP contribution in [0.5, 0.6) is 0 Å². The molecule has 7 nitrogen and oxygen atoms in total. The second-order valence-corrected chi connectivity index (χ2v) is 6.35. The number of rotatable bonds is 5. The quantitative estimate of drug-likeness (QED) is 0.805. The molecule has 0 saturated carbocycles. The maximum atomic E-state index is 12.6. The number of para-hydroxylation sites is 1. The number of ether oxygens (including phenoxy) is 1. The zero-order valence-corrected chi connectivity index (χ0v) is 15.9. The zero-order valence-electron chi connectivity index (χ0n) is 15.9. The van der Waals surface area contributed by atoms with E-state index in [-0.39, 0.29) is 31.3 Å². The second-order valence-electron chi connectivity index (χ2n) is 6.35. The Balaban J connectivity index is 2.39. The number of carbonyl (C=O) groups is 3. The minimum absolute atomic E-state index is 0.0887. The molecule has 0 aliphatic carbocycles. The van der Waals surface area contributed by atoms with Crippen molar-refractivity contribution in [3.05, 3.63) is 42.5 Å². The molecule has 0 aromatic heterocycles. The molecular weight excluding hydrogens is 346 g/mol. The van der Waals surface area contributed by atoms with E-state index < -0.39 is 12.2 Å². The number of fused-ring (bicyclic) bond motifs is 1. The van der Waals surface area contributed by atoms with E-state index in [1.54, 1.807) is 29.8 Å². The third-order valence-corrected chi connectivity index (χ3v) is 4.49. The SMILES string of the molecule is C=CCCC(=O)N1CCC(=O)N(C)c2ccccc2C(OC(=O)NCC)C1. The average Bonchev–Trinajstić information content (AvgIpc) is 2.71. The van der Waals surface area contributed by atoms with Crippen LogP contribution in [0.1, 0.15) is 37.9 Å². The standard InChI is InChI=1S/C20H27N3O4/c1-4-6-11-19(25)23-13-12-18(24)22(3)16-10-8-7-9-15(16)17(14-23)27-20(26)21-5-2/h4,7-10,17H,1,5-6,11-14H2,2-3H3,(H,21,26). The first-order chi connectivity index (χ1) is 13.0. The largest absolute Gasteiger partial charge is 0.439 e. The Morgan fingerprint density at radius 1 is 1.37 bits per heavy atom. The second kappa shape index (κ2) is 9.75. The summed E-state index contributed by atoms with van der Waals surface area (Å²) in [6.45, 7) is 6.36. The van der Waals surface area contributed by atoms with Gasteiger partial charge in [-0.25, -0.2) is 4.79 Å². The van der Waals surface area contributed by atoms with Crippen molar-refractivity contribution in [1.82, 2.24) is 10.2 Å². The normalized spacial score (nSPS) is 17.3. The predicted molar refractivity (Wildman–Crippen MR) is 103 cm³/mol. The maximum Gasteiger partial charge on any atom is 0.407 e. The van der Waals surface area contributed by atoms with Gasteiger partial charge in [0.2, 0.25) is 11.8 Å². The molecule has 1 heterocycles. The molecule has 0 spiro atoms.